The van der Waals surface area contributed by atoms with Gasteiger partial charge in [0.25, 0.3) is 0 Å². The first-order valence-electron chi connectivity index (χ1n) is 9.86. The predicted octanol–water partition coefficient (Wildman–Crippen LogP) is 4.25. The normalized spacial score (nSPS) is 18.0. The van der Waals surface area contributed by atoms with E-state index < -0.39 is 0 Å². The van der Waals surface area contributed by atoms with E-state index in [0.29, 0.717) is 0 Å². The summed E-state index contributed by atoms with van der Waals surface area (Å²) in [6, 6.07) is 16.0. The highest BCUT2D eigenvalue weighted by atomic mass is 32.2. The number of aryl methyl sites for hydroxylation is 3. The van der Waals surface area contributed by atoms with Crippen LogP contribution in [-0.2, 0) is 11.2 Å². The van der Waals surface area contributed by atoms with Crippen LogP contribution in [-0.4, -0.2) is 26.0 Å². The van der Waals surface area contributed by atoms with Crippen LogP contribution in [0.15, 0.2) is 53.7 Å². The third-order valence-corrected chi connectivity index (χ3v) is 6.10. The highest BCUT2D eigenvalue weighted by molar-refractivity contribution is 8.00. The number of carbonyl (C=O) groups is 1. The second-order valence-corrected chi connectivity index (χ2v) is 8.51. The average molecular weight is 408 g/mol. The van der Waals surface area contributed by atoms with Gasteiger partial charge in [-0.2, -0.15) is 0 Å². The molecule has 0 spiro atoms. The first-order chi connectivity index (χ1) is 14.0. The lowest BCUT2D eigenvalue weighted by molar-refractivity contribution is -0.116. The number of amides is 1. The fourth-order valence-electron chi connectivity index (χ4n) is 3.65. The van der Waals surface area contributed by atoms with Gasteiger partial charge in [0.05, 0.1) is 6.04 Å². The third kappa shape index (κ3) is 4.15. The predicted molar refractivity (Wildman–Crippen MR) is 117 cm³/mol. The summed E-state index contributed by atoms with van der Waals surface area (Å²) in [4.78, 5) is 13.3. The van der Waals surface area contributed by atoms with E-state index in [-0.39, 0.29) is 17.2 Å². The molecule has 0 saturated heterocycles. The largest absolute Gasteiger partial charge is 0.325 e. The minimum absolute atomic E-state index is 0.0485. The first kappa shape index (κ1) is 19.5. The number of fused-ring (bicyclic) bond motifs is 1. The van der Waals surface area contributed by atoms with Gasteiger partial charge in [-0.1, -0.05) is 55.1 Å². The van der Waals surface area contributed by atoms with Gasteiger partial charge in [0.1, 0.15) is 5.25 Å². The van der Waals surface area contributed by atoms with E-state index in [9.17, 15) is 4.79 Å². The number of nitrogens with zero attached hydrogens (tertiary/aromatic N) is 3. The highest BCUT2D eigenvalue weighted by Crippen LogP contribution is 2.37. The number of aromatic nitrogens is 3. The summed E-state index contributed by atoms with van der Waals surface area (Å²) in [6.45, 7) is 6.18. The van der Waals surface area contributed by atoms with E-state index in [0.717, 1.165) is 46.2 Å². The summed E-state index contributed by atoms with van der Waals surface area (Å²) in [5.41, 5.74) is 7.62. The van der Waals surface area contributed by atoms with Crippen molar-refractivity contribution >= 4 is 23.4 Å². The second-order valence-electron chi connectivity index (χ2n) is 7.41. The zero-order valence-corrected chi connectivity index (χ0v) is 17.7. The molecule has 1 amide bonds. The van der Waals surface area contributed by atoms with Crippen LogP contribution in [0.25, 0.3) is 0 Å². The molecule has 3 aromatic rings. The monoisotopic (exact) mass is 407 g/mol. The van der Waals surface area contributed by atoms with Crippen molar-refractivity contribution in [2.45, 2.75) is 50.1 Å². The molecule has 2 N–H and O–H groups in total. The standard InChI is InChI=1S/C22H25N5OS/c1-4-8-18-24-25-22-27(18)26-19(16-9-6-5-7-10-16)20(29-22)21(28)23-17-12-14(2)11-15(3)13-17/h5-7,9-13,19-20,26H,4,8H2,1-3H3,(H,23,28)/t19-,20+/m0/s1. The van der Waals surface area contributed by atoms with E-state index in [1.807, 2.05) is 61.0 Å². The van der Waals surface area contributed by atoms with Crippen LogP contribution in [0.5, 0.6) is 0 Å². The van der Waals surface area contributed by atoms with Crippen LogP contribution in [0.1, 0.15) is 41.9 Å². The quantitative estimate of drug-likeness (QED) is 0.662. The van der Waals surface area contributed by atoms with Crippen molar-refractivity contribution in [3.63, 3.8) is 0 Å². The lowest BCUT2D eigenvalue weighted by Gasteiger charge is -2.33. The number of hydrogen-bond acceptors (Lipinski definition) is 5. The number of nitrogens with one attached hydrogen (secondary N) is 2. The van der Waals surface area contributed by atoms with Gasteiger partial charge >= 0.3 is 0 Å². The molecule has 0 bridgehead atoms. The Morgan fingerprint density at radius 1 is 1.14 bits per heavy atom. The molecule has 2 aromatic carbocycles. The Morgan fingerprint density at radius 3 is 2.55 bits per heavy atom. The summed E-state index contributed by atoms with van der Waals surface area (Å²) in [7, 11) is 0. The molecule has 2 atom stereocenters. The fraction of sp³-hybridized carbons (Fsp3) is 0.318. The lowest BCUT2D eigenvalue weighted by Crippen LogP contribution is -2.41. The SMILES string of the molecule is CCCc1nnc2n1N[C@@H](c1ccccc1)[C@H](C(=O)Nc1cc(C)cc(C)c1)S2. The Bertz CT molecular complexity index is 997. The summed E-state index contributed by atoms with van der Waals surface area (Å²) < 4.78 is 1.94. The maximum atomic E-state index is 13.3. The molecular formula is C22H25N5OS. The molecule has 1 aliphatic rings. The van der Waals surface area contributed by atoms with Crippen LogP contribution in [0.4, 0.5) is 5.69 Å². The molecule has 0 fully saturated rings. The summed E-state index contributed by atoms with van der Waals surface area (Å²) in [5, 5.41) is 12.1. The van der Waals surface area contributed by atoms with Crippen LogP contribution in [0, 0.1) is 13.8 Å². The van der Waals surface area contributed by atoms with Crippen molar-refractivity contribution in [2.24, 2.45) is 0 Å². The van der Waals surface area contributed by atoms with Crippen molar-refractivity contribution in [3.8, 4) is 0 Å². The Morgan fingerprint density at radius 2 is 1.86 bits per heavy atom. The zero-order valence-electron chi connectivity index (χ0n) is 16.8. The third-order valence-electron chi connectivity index (χ3n) is 4.88. The number of hydrogen-bond donors (Lipinski definition) is 2. The Hall–Kier alpha value is -2.80. The minimum Gasteiger partial charge on any atom is -0.325 e. The molecule has 1 aromatic heterocycles. The van der Waals surface area contributed by atoms with Crippen LogP contribution in [0.2, 0.25) is 0 Å². The average Bonchev–Trinajstić information content (AvgIpc) is 3.09. The lowest BCUT2D eigenvalue weighted by atomic mass is 10.0. The molecule has 29 heavy (non-hydrogen) atoms. The van der Waals surface area contributed by atoms with Crippen LogP contribution < -0.4 is 10.7 Å². The van der Waals surface area contributed by atoms with Gasteiger partial charge in [-0.05, 0) is 49.1 Å². The molecular weight excluding hydrogens is 382 g/mol. The number of thioether (sulfide) groups is 1. The summed E-state index contributed by atoms with van der Waals surface area (Å²) >= 11 is 1.46. The summed E-state index contributed by atoms with van der Waals surface area (Å²) in [6.07, 6.45) is 1.82. The topological polar surface area (TPSA) is 71.8 Å². The van der Waals surface area contributed by atoms with E-state index >= 15 is 0 Å². The van der Waals surface area contributed by atoms with E-state index in [4.69, 9.17) is 0 Å². The van der Waals surface area contributed by atoms with E-state index in [1.165, 1.54) is 11.8 Å². The molecule has 0 aliphatic carbocycles. The number of anilines is 1. The minimum atomic E-state index is -0.371. The van der Waals surface area contributed by atoms with Crippen molar-refractivity contribution in [1.29, 1.82) is 0 Å². The van der Waals surface area contributed by atoms with Gasteiger partial charge in [-0.25, -0.2) is 4.68 Å². The van der Waals surface area contributed by atoms with Crippen molar-refractivity contribution in [1.82, 2.24) is 14.9 Å². The van der Waals surface area contributed by atoms with Gasteiger partial charge in [0.2, 0.25) is 11.1 Å². The highest BCUT2D eigenvalue weighted by Gasteiger charge is 2.37. The zero-order chi connectivity index (χ0) is 20.4. The molecule has 0 radical (unpaired) electrons. The Labute approximate surface area is 175 Å². The number of rotatable bonds is 5. The van der Waals surface area contributed by atoms with Gasteiger partial charge in [0.15, 0.2) is 5.82 Å². The molecule has 1 aliphatic heterocycles. The van der Waals surface area contributed by atoms with Gasteiger partial charge in [0, 0.05) is 12.1 Å². The Kier molecular flexibility index (Phi) is 5.58. The van der Waals surface area contributed by atoms with Crippen molar-refractivity contribution < 1.29 is 4.79 Å². The van der Waals surface area contributed by atoms with E-state index in [1.54, 1.807) is 0 Å². The molecule has 6 nitrogen and oxygen atoms in total. The summed E-state index contributed by atoms with van der Waals surface area (Å²) in [5.74, 6) is 0.844. The molecule has 0 unspecified atom stereocenters. The first-order valence-corrected chi connectivity index (χ1v) is 10.7. The number of benzene rings is 2. The maximum absolute atomic E-state index is 13.3. The van der Waals surface area contributed by atoms with Crippen LogP contribution >= 0.6 is 11.8 Å². The molecule has 4 rings (SSSR count). The Balaban J connectivity index is 1.66. The molecule has 150 valence electrons. The fourth-order valence-corrected chi connectivity index (χ4v) is 4.75. The molecule has 7 heteroatoms. The van der Waals surface area contributed by atoms with Gasteiger partial charge in [-0.15, -0.1) is 10.2 Å². The van der Waals surface area contributed by atoms with E-state index in [2.05, 4.69) is 33.9 Å². The number of carbonyl (C=O) groups excluding carboxylic acids is 1. The van der Waals surface area contributed by atoms with Crippen molar-refractivity contribution in [2.75, 3.05) is 10.7 Å². The molecule has 2 heterocycles. The second kappa shape index (κ2) is 8.29. The van der Waals surface area contributed by atoms with Gasteiger partial charge < -0.3 is 10.7 Å². The van der Waals surface area contributed by atoms with Crippen LogP contribution in [0.3, 0.4) is 0 Å². The van der Waals surface area contributed by atoms with Crippen molar-refractivity contribution in [3.05, 3.63) is 71.0 Å². The smallest absolute Gasteiger partial charge is 0.240 e. The van der Waals surface area contributed by atoms with Gasteiger partial charge in [-0.3, -0.25) is 4.79 Å². The molecule has 0 saturated carbocycles. The maximum Gasteiger partial charge on any atom is 0.240 e.